The van der Waals surface area contributed by atoms with Crippen molar-refractivity contribution in [3.05, 3.63) is 50.7 Å². The SMILES string of the molecule is O=c1[nH]c(=O)c2cc(C=CC(Cl)CCl)ccc2[nH]1. The highest BCUT2D eigenvalue weighted by Gasteiger charge is 2.01. The molecule has 0 bridgehead atoms. The van der Waals surface area contributed by atoms with E-state index in [0.717, 1.165) is 5.56 Å². The minimum absolute atomic E-state index is 0.253. The van der Waals surface area contributed by atoms with Crippen LogP contribution in [0.5, 0.6) is 0 Å². The van der Waals surface area contributed by atoms with Crippen LogP contribution in [0.15, 0.2) is 33.9 Å². The number of hydrogen-bond donors (Lipinski definition) is 2. The Morgan fingerprint density at radius 1 is 1.28 bits per heavy atom. The molecule has 0 spiro atoms. The molecule has 1 aromatic heterocycles. The van der Waals surface area contributed by atoms with Crippen LogP contribution in [0, 0.1) is 0 Å². The second-order valence-corrected chi connectivity index (χ2v) is 4.61. The molecule has 94 valence electrons. The lowest BCUT2D eigenvalue weighted by molar-refractivity contribution is 1.08. The van der Waals surface area contributed by atoms with Gasteiger partial charge >= 0.3 is 5.69 Å². The highest BCUT2D eigenvalue weighted by atomic mass is 35.5. The van der Waals surface area contributed by atoms with Crippen molar-refractivity contribution in [2.75, 3.05) is 5.88 Å². The standard InChI is InChI=1S/C12H10Cl2N2O2/c13-6-8(14)3-1-7-2-4-10-9(5-7)11(17)16-12(18)15-10/h1-5,8H,6H2,(H2,15,16,17,18). The monoisotopic (exact) mass is 284 g/mol. The fraction of sp³-hybridized carbons (Fsp3) is 0.167. The molecule has 18 heavy (non-hydrogen) atoms. The van der Waals surface area contributed by atoms with Gasteiger partial charge in [0.05, 0.1) is 16.3 Å². The zero-order valence-electron chi connectivity index (χ0n) is 9.24. The molecule has 6 heteroatoms. The van der Waals surface area contributed by atoms with Gasteiger partial charge in [0, 0.05) is 5.88 Å². The van der Waals surface area contributed by atoms with Gasteiger partial charge in [0.1, 0.15) is 0 Å². The maximum Gasteiger partial charge on any atom is 0.326 e. The number of nitrogens with one attached hydrogen (secondary N) is 2. The summed E-state index contributed by atoms with van der Waals surface area (Å²) in [5, 5.41) is 0.171. The van der Waals surface area contributed by atoms with E-state index in [1.807, 2.05) is 0 Å². The lowest BCUT2D eigenvalue weighted by atomic mass is 10.1. The molecular formula is C12H10Cl2N2O2. The van der Waals surface area contributed by atoms with Gasteiger partial charge in [-0.3, -0.25) is 9.78 Å². The quantitative estimate of drug-likeness (QED) is 0.848. The van der Waals surface area contributed by atoms with Gasteiger partial charge in [-0.25, -0.2) is 4.79 Å². The third-order valence-corrected chi connectivity index (χ3v) is 3.20. The number of aromatic nitrogens is 2. The molecule has 0 amide bonds. The summed E-state index contributed by atoms with van der Waals surface area (Å²) >= 11 is 11.4. The molecule has 1 heterocycles. The summed E-state index contributed by atoms with van der Waals surface area (Å²) in [7, 11) is 0. The van der Waals surface area contributed by atoms with Gasteiger partial charge in [-0.1, -0.05) is 18.2 Å². The highest BCUT2D eigenvalue weighted by molar-refractivity contribution is 6.29. The number of fused-ring (bicyclic) bond motifs is 1. The van der Waals surface area contributed by atoms with Crippen LogP contribution in [0.25, 0.3) is 17.0 Å². The van der Waals surface area contributed by atoms with Gasteiger partial charge in [0.2, 0.25) is 0 Å². The van der Waals surface area contributed by atoms with Crippen LogP contribution < -0.4 is 11.2 Å². The molecule has 0 radical (unpaired) electrons. The number of H-pyrrole nitrogens is 2. The highest BCUT2D eigenvalue weighted by Crippen LogP contribution is 2.11. The minimum Gasteiger partial charge on any atom is -0.307 e. The molecule has 0 fully saturated rings. The van der Waals surface area contributed by atoms with Crippen LogP contribution in [0.4, 0.5) is 0 Å². The number of aromatic amines is 2. The van der Waals surface area contributed by atoms with Crippen LogP contribution in [-0.4, -0.2) is 21.2 Å². The van der Waals surface area contributed by atoms with E-state index in [0.29, 0.717) is 16.8 Å². The van der Waals surface area contributed by atoms with E-state index in [1.54, 1.807) is 30.4 Å². The molecule has 4 nitrogen and oxygen atoms in total. The molecule has 2 aromatic rings. The average Bonchev–Trinajstić information content (AvgIpc) is 2.36. The Balaban J connectivity index is 2.48. The zero-order chi connectivity index (χ0) is 13.1. The summed E-state index contributed by atoms with van der Waals surface area (Å²) in [6, 6.07) is 5.14. The minimum atomic E-state index is -0.515. The molecule has 0 aliphatic heterocycles. The maximum atomic E-state index is 11.6. The molecule has 1 unspecified atom stereocenters. The van der Waals surface area contributed by atoms with Crippen molar-refractivity contribution in [3.63, 3.8) is 0 Å². The Morgan fingerprint density at radius 3 is 2.78 bits per heavy atom. The molecule has 0 saturated heterocycles. The first-order valence-electron chi connectivity index (χ1n) is 5.25. The van der Waals surface area contributed by atoms with Gasteiger partial charge in [-0.05, 0) is 17.7 Å². The second kappa shape index (κ2) is 5.42. The molecule has 1 atom stereocenters. The number of rotatable bonds is 3. The van der Waals surface area contributed by atoms with E-state index in [9.17, 15) is 9.59 Å². The molecule has 0 aliphatic rings. The molecule has 2 rings (SSSR count). The van der Waals surface area contributed by atoms with Crippen LogP contribution in [0.1, 0.15) is 5.56 Å². The third-order valence-electron chi connectivity index (χ3n) is 2.41. The second-order valence-electron chi connectivity index (χ2n) is 3.74. The Kier molecular flexibility index (Phi) is 3.89. The maximum absolute atomic E-state index is 11.6. The number of halogens is 2. The van der Waals surface area contributed by atoms with Crippen LogP contribution in [0.2, 0.25) is 0 Å². The van der Waals surface area contributed by atoms with E-state index in [-0.39, 0.29) is 5.38 Å². The summed E-state index contributed by atoms with van der Waals surface area (Å²) < 4.78 is 0. The Labute approximate surface area is 112 Å². The fourth-order valence-electron chi connectivity index (χ4n) is 1.55. The lowest BCUT2D eigenvalue weighted by Crippen LogP contribution is -2.21. The Bertz CT molecular complexity index is 703. The summed E-state index contributed by atoms with van der Waals surface area (Å²) in [5.74, 6) is 0.319. The van der Waals surface area contributed by atoms with E-state index in [1.165, 1.54) is 0 Å². The van der Waals surface area contributed by atoms with Crippen LogP contribution >= 0.6 is 23.2 Å². The zero-order valence-corrected chi connectivity index (χ0v) is 10.8. The van der Waals surface area contributed by atoms with E-state index in [4.69, 9.17) is 23.2 Å². The first kappa shape index (κ1) is 12.9. The largest absolute Gasteiger partial charge is 0.326 e. The molecule has 0 saturated carbocycles. The van der Waals surface area contributed by atoms with Crippen molar-refractivity contribution in [1.82, 2.24) is 9.97 Å². The molecule has 1 aromatic carbocycles. The van der Waals surface area contributed by atoms with Gasteiger partial charge in [-0.15, -0.1) is 23.2 Å². The van der Waals surface area contributed by atoms with Gasteiger partial charge in [-0.2, -0.15) is 0 Å². The van der Waals surface area contributed by atoms with Crippen molar-refractivity contribution in [2.24, 2.45) is 0 Å². The van der Waals surface area contributed by atoms with Crippen molar-refractivity contribution < 1.29 is 0 Å². The van der Waals surface area contributed by atoms with Crippen molar-refractivity contribution in [2.45, 2.75) is 5.38 Å². The van der Waals surface area contributed by atoms with E-state index in [2.05, 4.69) is 9.97 Å². The van der Waals surface area contributed by atoms with E-state index < -0.39 is 11.2 Å². The molecular weight excluding hydrogens is 275 g/mol. The van der Waals surface area contributed by atoms with Crippen molar-refractivity contribution >= 4 is 40.2 Å². The number of hydrogen-bond acceptors (Lipinski definition) is 2. The first-order valence-corrected chi connectivity index (χ1v) is 6.22. The number of benzene rings is 1. The van der Waals surface area contributed by atoms with Crippen molar-refractivity contribution in [3.8, 4) is 0 Å². The Hall–Kier alpha value is -1.52. The summed E-state index contributed by atoms with van der Waals surface area (Å²) in [5.41, 5.74) is 0.388. The summed E-state index contributed by atoms with van der Waals surface area (Å²) in [6.45, 7) is 0. The topological polar surface area (TPSA) is 65.7 Å². The predicted octanol–water partition coefficient (Wildman–Crippen LogP) is 2.08. The van der Waals surface area contributed by atoms with Crippen molar-refractivity contribution in [1.29, 1.82) is 0 Å². The normalized spacial score (nSPS) is 13.2. The van der Waals surface area contributed by atoms with Crippen LogP contribution in [-0.2, 0) is 0 Å². The van der Waals surface area contributed by atoms with Gasteiger partial charge in [0.15, 0.2) is 0 Å². The van der Waals surface area contributed by atoms with E-state index >= 15 is 0 Å². The molecule has 2 N–H and O–H groups in total. The van der Waals surface area contributed by atoms with Gasteiger partial charge in [0.25, 0.3) is 5.56 Å². The van der Waals surface area contributed by atoms with Crippen LogP contribution in [0.3, 0.4) is 0 Å². The molecule has 0 aliphatic carbocycles. The first-order chi connectivity index (χ1) is 8.60. The van der Waals surface area contributed by atoms with Gasteiger partial charge < -0.3 is 4.98 Å². The summed E-state index contributed by atoms with van der Waals surface area (Å²) in [4.78, 5) is 27.4. The fourth-order valence-corrected chi connectivity index (χ4v) is 1.73. The summed E-state index contributed by atoms with van der Waals surface area (Å²) in [6.07, 6.45) is 3.53. The Morgan fingerprint density at radius 2 is 2.06 bits per heavy atom. The lowest BCUT2D eigenvalue weighted by Gasteiger charge is -1.99. The smallest absolute Gasteiger partial charge is 0.307 e. The third kappa shape index (κ3) is 2.83. The number of allylic oxidation sites excluding steroid dienone is 1. The number of alkyl halides is 2. The predicted molar refractivity (Wildman–Crippen MR) is 74.6 cm³/mol. The average molecular weight is 285 g/mol.